The fraction of sp³-hybridized carbons (Fsp3) is 0.148. The van der Waals surface area contributed by atoms with Crippen molar-refractivity contribution in [2.24, 2.45) is 7.05 Å². The van der Waals surface area contributed by atoms with E-state index in [0.717, 1.165) is 22.0 Å². The molecule has 0 spiro atoms. The quantitative estimate of drug-likeness (QED) is 0.363. The predicted octanol–water partition coefficient (Wildman–Crippen LogP) is 5.53. The molecular formula is C27H23N3O4. The normalized spacial score (nSPS) is 12.2. The number of hydrogen-bond donors (Lipinski definition) is 2. The van der Waals surface area contributed by atoms with Gasteiger partial charge in [-0.15, -0.1) is 0 Å². The number of aromatic nitrogens is 2. The zero-order valence-electron chi connectivity index (χ0n) is 19.0. The lowest BCUT2D eigenvalue weighted by atomic mass is 10.0. The van der Waals surface area contributed by atoms with Crippen LogP contribution in [0.2, 0.25) is 0 Å². The Morgan fingerprint density at radius 2 is 1.79 bits per heavy atom. The number of para-hydroxylation sites is 2. The molecule has 2 N–H and O–H groups in total. The van der Waals surface area contributed by atoms with Crippen molar-refractivity contribution in [1.82, 2.24) is 9.78 Å². The van der Waals surface area contributed by atoms with Crippen molar-refractivity contribution in [2.75, 3.05) is 5.32 Å². The minimum Gasteiger partial charge on any atom is -0.478 e. The Morgan fingerprint density at radius 1 is 1.06 bits per heavy atom. The monoisotopic (exact) mass is 453 g/mol. The van der Waals surface area contributed by atoms with Crippen molar-refractivity contribution in [3.63, 3.8) is 0 Å². The van der Waals surface area contributed by atoms with Crippen LogP contribution < -0.4 is 10.7 Å². The van der Waals surface area contributed by atoms with Crippen molar-refractivity contribution >= 4 is 33.5 Å². The zero-order valence-corrected chi connectivity index (χ0v) is 19.0. The first-order valence-corrected chi connectivity index (χ1v) is 10.9. The Bertz CT molecular complexity index is 1630. The minimum absolute atomic E-state index is 0.158. The molecule has 34 heavy (non-hydrogen) atoms. The number of carboxylic acid groups (broad SMARTS) is 1. The van der Waals surface area contributed by atoms with Crippen LogP contribution in [0.25, 0.3) is 33.3 Å². The van der Waals surface area contributed by atoms with E-state index in [9.17, 15) is 14.7 Å². The molecule has 0 amide bonds. The molecule has 0 fully saturated rings. The van der Waals surface area contributed by atoms with E-state index in [-0.39, 0.29) is 17.0 Å². The number of benzene rings is 3. The number of anilines is 1. The number of hydrogen-bond acceptors (Lipinski definition) is 5. The summed E-state index contributed by atoms with van der Waals surface area (Å²) in [5.41, 5.74) is 4.16. The summed E-state index contributed by atoms with van der Waals surface area (Å²) in [6.45, 7) is 3.83. The van der Waals surface area contributed by atoms with Gasteiger partial charge in [0.05, 0.1) is 22.5 Å². The molecule has 2 heterocycles. The summed E-state index contributed by atoms with van der Waals surface area (Å²) >= 11 is 0. The smallest absolute Gasteiger partial charge is 0.337 e. The lowest BCUT2D eigenvalue weighted by molar-refractivity contribution is 0.0698. The van der Waals surface area contributed by atoms with E-state index in [2.05, 4.69) is 10.4 Å². The van der Waals surface area contributed by atoms with E-state index >= 15 is 0 Å². The van der Waals surface area contributed by atoms with Gasteiger partial charge < -0.3 is 14.8 Å². The van der Waals surface area contributed by atoms with Crippen molar-refractivity contribution in [3.05, 3.63) is 93.6 Å². The first kappa shape index (κ1) is 21.5. The number of nitrogens with one attached hydrogen (secondary N) is 1. The van der Waals surface area contributed by atoms with E-state index in [0.29, 0.717) is 28.1 Å². The van der Waals surface area contributed by atoms with Crippen LogP contribution in [0.3, 0.4) is 0 Å². The Hall–Kier alpha value is -4.39. The van der Waals surface area contributed by atoms with Gasteiger partial charge in [0.15, 0.2) is 11.2 Å². The van der Waals surface area contributed by atoms with Crippen LogP contribution >= 0.6 is 0 Å². The molecule has 1 unspecified atom stereocenters. The number of rotatable bonds is 5. The van der Waals surface area contributed by atoms with Gasteiger partial charge in [0.25, 0.3) is 0 Å². The van der Waals surface area contributed by atoms with Crippen LogP contribution in [0.4, 0.5) is 5.69 Å². The molecule has 0 aliphatic carbocycles. The summed E-state index contributed by atoms with van der Waals surface area (Å²) in [6.07, 6.45) is 0. The summed E-state index contributed by atoms with van der Waals surface area (Å²) in [5, 5.41) is 18.8. The molecule has 5 rings (SSSR count). The third-order valence-electron chi connectivity index (χ3n) is 5.99. The van der Waals surface area contributed by atoms with Gasteiger partial charge >= 0.3 is 5.97 Å². The second kappa shape index (κ2) is 8.19. The highest BCUT2D eigenvalue weighted by Crippen LogP contribution is 2.33. The lowest BCUT2D eigenvalue weighted by Gasteiger charge is -2.19. The van der Waals surface area contributed by atoms with E-state index in [1.807, 2.05) is 57.3 Å². The van der Waals surface area contributed by atoms with Gasteiger partial charge in [-0.3, -0.25) is 9.48 Å². The maximum Gasteiger partial charge on any atom is 0.337 e. The highest BCUT2D eigenvalue weighted by Gasteiger charge is 2.20. The maximum atomic E-state index is 13.2. The Morgan fingerprint density at radius 3 is 2.59 bits per heavy atom. The standard InChI is InChI=1S/C27H23N3O4/c1-15-12-19(16(2)28-21-10-6-4-8-17(21)27(32)33)26-20(13-15)23(31)14-24(34-26)25-18-9-5-7-11-22(18)30(3)29-25/h4-14,16,28H,1-3H3,(H,32,33). The Labute approximate surface area is 195 Å². The van der Waals surface area contributed by atoms with Gasteiger partial charge in [0, 0.05) is 29.8 Å². The molecule has 0 radical (unpaired) electrons. The summed E-state index contributed by atoms with van der Waals surface area (Å²) in [6, 6.07) is 19.4. The molecule has 170 valence electrons. The molecule has 0 aliphatic rings. The van der Waals surface area contributed by atoms with Gasteiger partial charge in [-0.25, -0.2) is 4.79 Å². The largest absolute Gasteiger partial charge is 0.478 e. The fourth-order valence-corrected chi connectivity index (χ4v) is 4.38. The molecule has 0 saturated carbocycles. The van der Waals surface area contributed by atoms with E-state index in [1.165, 1.54) is 6.07 Å². The average molecular weight is 453 g/mol. The molecule has 7 nitrogen and oxygen atoms in total. The molecule has 0 bridgehead atoms. The van der Waals surface area contributed by atoms with Crippen LogP contribution in [0, 0.1) is 6.92 Å². The molecule has 5 aromatic rings. The number of carboxylic acids is 1. The van der Waals surface area contributed by atoms with Gasteiger partial charge in [-0.05, 0) is 43.7 Å². The summed E-state index contributed by atoms with van der Waals surface area (Å²) in [7, 11) is 1.85. The summed E-state index contributed by atoms with van der Waals surface area (Å²) in [4.78, 5) is 24.8. The molecule has 0 saturated heterocycles. The highest BCUT2D eigenvalue weighted by molar-refractivity contribution is 5.95. The first-order chi connectivity index (χ1) is 16.3. The predicted molar refractivity (Wildman–Crippen MR) is 132 cm³/mol. The molecule has 0 aliphatic heterocycles. The fourth-order valence-electron chi connectivity index (χ4n) is 4.38. The number of aryl methyl sites for hydroxylation is 2. The SMILES string of the molecule is Cc1cc(C(C)Nc2ccccc2C(=O)O)c2oc(-c3nn(C)c4ccccc34)cc(=O)c2c1. The van der Waals surface area contributed by atoms with Gasteiger partial charge in [-0.1, -0.05) is 36.4 Å². The average Bonchev–Trinajstić information content (AvgIpc) is 3.16. The van der Waals surface area contributed by atoms with Crippen molar-refractivity contribution in [2.45, 2.75) is 19.9 Å². The van der Waals surface area contributed by atoms with Crippen LogP contribution in [-0.4, -0.2) is 20.9 Å². The Kier molecular flexibility index (Phi) is 5.17. The topological polar surface area (TPSA) is 97.4 Å². The van der Waals surface area contributed by atoms with Crippen molar-refractivity contribution in [3.8, 4) is 11.5 Å². The first-order valence-electron chi connectivity index (χ1n) is 10.9. The highest BCUT2D eigenvalue weighted by atomic mass is 16.4. The number of aromatic carboxylic acids is 1. The summed E-state index contributed by atoms with van der Waals surface area (Å²) in [5.74, 6) is -0.627. The number of carbonyl (C=O) groups is 1. The van der Waals surface area contributed by atoms with E-state index in [1.54, 1.807) is 28.9 Å². The lowest BCUT2D eigenvalue weighted by Crippen LogP contribution is -2.12. The van der Waals surface area contributed by atoms with Crippen LogP contribution in [0.1, 0.15) is 34.5 Å². The van der Waals surface area contributed by atoms with Crippen molar-refractivity contribution in [1.29, 1.82) is 0 Å². The van der Waals surface area contributed by atoms with E-state index in [4.69, 9.17) is 4.42 Å². The second-order valence-corrected chi connectivity index (χ2v) is 8.41. The Balaban J connectivity index is 1.68. The minimum atomic E-state index is -1.01. The van der Waals surface area contributed by atoms with Crippen LogP contribution in [0.15, 0.2) is 75.9 Å². The molecule has 3 aromatic carbocycles. The maximum absolute atomic E-state index is 13.2. The third kappa shape index (κ3) is 3.61. The summed E-state index contributed by atoms with van der Waals surface area (Å²) < 4.78 is 8.10. The second-order valence-electron chi connectivity index (χ2n) is 8.41. The molecular weight excluding hydrogens is 430 g/mol. The van der Waals surface area contributed by atoms with Gasteiger partial charge in [0.1, 0.15) is 11.3 Å². The molecule has 1 atom stereocenters. The third-order valence-corrected chi connectivity index (χ3v) is 5.99. The number of nitrogens with zero attached hydrogens (tertiary/aromatic N) is 2. The van der Waals surface area contributed by atoms with E-state index < -0.39 is 5.97 Å². The van der Waals surface area contributed by atoms with Gasteiger partial charge in [-0.2, -0.15) is 5.10 Å². The molecule has 2 aromatic heterocycles. The van der Waals surface area contributed by atoms with Crippen LogP contribution in [0.5, 0.6) is 0 Å². The van der Waals surface area contributed by atoms with Gasteiger partial charge in [0.2, 0.25) is 0 Å². The zero-order chi connectivity index (χ0) is 24.0. The number of fused-ring (bicyclic) bond motifs is 2. The van der Waals surface area contributed by atoms with Crippen LogP contribution in [-0.2, 0) is 7.05 Å². The molecule has 7 heteroatoms. The van der Waals surface area contributed by atoms with Crippen molar-refractivity contribution < 1.29 is 14.3 Å².